The lowest BCUT2D eigenvalue weighted by Crippen LogP contribution is -2.57. The number of nitrogens with zero attached hydrogens (tertiary/aromatic N) is 2. The van der Waals surface area contributed by atoms with Crippen LogP contribution in [0.3, 0.4) is 0 Å². The SMILES string of the molecule is c1ccc(-n2c3ccccc3c3c4c(c5ccccc5n4-c4cc5c6c(c4)Sc4ccccc4B6c4ccccc4O5)c4oc5ccccc5c4c32)cc1. The highest BCUT2D eigenvalue weighted by atomic mass is 32.2. The first kappa shape index (κ1) is 28.9. The molecule has 2 aliphatic heterocycles. The number of hydrogen-bond donors (Lipinski definition) is 0. The predicted molar refractivity (Wildman–Crippen MR) is 224 cm³/mol. The molecule has 0 N–H and O–H groups in total. The monoisotopic (exact) mass is 706 g/mol. The molecule has 6 heteroatoms. The maximum absolute atomic E-state index is 7.00. The Labute approximate surface area is 313 Å². The van der Waals surface area contributed by atoms with E-state index in [0.717, 1.165) is 77.7 Å². The Morgan fingerprint density at radius 2 is 1.07 bits per heavy atom. The van der Waals surface area contributed by atoms with Crippen molar-refractivity contribution in [2.75, 3.05) is 0 Å². The lowest BCUT2D eigenvalue weighted by atomic mass is 9.35. The molecule has 250 valence electrons. The molecule has 2 aliphatic rings. The average molecular weight is 707 g/mol. The Bertz CT molecular complexity index is 3340. The Morgan fingerprint density at radius 3 is 1.89 bits per heavy atom. The Morgan fingerprint density at radius 1 is 0.463 bits per heavy atom. The number of fused-ring (bicyclic) bond motifs is 16. The van der Waals surface area contributed by atoms with Gasteiger partial charge in [-0.15, -0.1) is 0 Å². The second kappa shape index (κ2) is 10.5. The molecule has 11 aromatic rings. The largest absolute Gasteiger partial charge is 0.458 e. The average Bonchev–Trinajstić information content (AvgIpc) is 3.89. The predicted octanol–water partition coefficient (Wildman–Crippen LogP) is 10.9. The van der Waals surface area contributed by atoms with Gasteiger partial charge in [-0.25, -0.2) is 0 Å². The van der Waals surface area contributed by atoms with Crippen molar-refractivity contribution in [2.24, 2.45) is 0 Å². The number of aromatic nitrogens is 2. The van der Waals surface area contributed by atoms with Crippen LogP contribution in [0.5, 0.6) is 11.5 Å². The summed E-state index contributed by atoms with van der Waals surface area (Å²) >= 11 is 1.84. The van der Waals surface area contributed by atoms with Crippen molar-refractivity contribution in [1.82, 2.24) is 9.13 Å². The molecule has 0 aliphatic carbocycles. The van der Waals surface area contributed by atoms with Gasteiger partial charge in [-0.2, -0.15) is 0 Å². The van der Waals surface area contributed by atoms with Crippen molar-refractivity contribution in [3.8, 4) is 22.9 Å². The zero-order valence-corrected chi connectivity index (χ0v) is 29.6. The first-order chi connectivity index (χ1) is 26.8. The molecule has 4 nitrogen and oxygen atoms in total. The molecule has 8 aromatic carbocycles. The molecule has 0 amide bonds. The number of benzene rings is 8. The van der Waals surface area contributed by atoms with Gasteiger partial charge in [-0.3, -0.25) is 0 Å². The van der Waals surface area contributed by atoms with Gasteiger partial charge < -0.3 is 18.3 Å². The molecule has 5 heterocycles. The zero-order valence-electron chi connectivity index (χ0n) is 28.8. The van der Waals surface area contributed by atoms with E-state index in [1.807, 2.05) is 11.8 Å². The lowest BCUT2D eigenvalue weighted by molar-refractivity contribution is 0.486. The molecule has 0 bridgehead atoms. The summed E-state index contributed by atoms with van der Waals surface area (Å²) in [7, 11) is 0. The van der Waals surface area contributed by atoms with Crippen LogP contribution >= 0.6 is 11.8 Å². The molecule has 3 aromatic heterocycles. The van der Waals surface area contributed by atoms with Gasteiger partial charge in [0.05, 0.1) is 38.5 Å². The van der Waals surface area contributed by atoms with Crippen molar-refractivity contribution in [1.29, 1.82) is 0 Å². The molecule has 0 fully saturated rings. The number of furan rings is 1. The second-order valence-corrected chi connectivity index (χ2v) is 15.4. The summed E-state index contributed by atoms with van der Waals surface area (Å²) in [5.74, 6) is 1.83. The van der Waals surface area contributed by atoms with Gasteiger partial charge in [0.15, 0.2) is 0 Å². The Hall–Kier alpha value is -6.63. The van der Waals surface area contributed by atoms with Gasteiger partial charge in [0, 0.05) is 43.1 Å². The van der Waals surface area contributed by atoms with Gasteiger partial charge in [-0.1, -0.05) is 126 Å². The fourth-order valence-electron chi connectivity index (χ4n) is 9.50. The number of rotatable bonds is 2. The van der Waals surface area contributed by atoms with Gasteiger partial charge in [0.1, 0.15) is 22.7 Å². The van der Waals surface area contributed by atoms with E-state index >= 15 is 0 Å². The first-order valence-electron chi connectivity index (χ1n) is 18.4. The van der Waals surface area contributed by atoms with Crippen LogP contribution in [0.4, 0.5) is 0 Å². The smallest absolute Gasteiger partial charge is 0.253 e. The van der Waals surface area contributed by atoms with Crippen LogP contribution in [0, 0.1) is 0 Å². The lowest BCUT2D eigenvalue weighted by Gasteiger charge is -2.33. The van der Waals surface area contributed by atoms with E-state index in [9.17, 15) is 0 Å². The highest BCUT2D eigenvalue weighted by Crippen LogP contribution is 2.50. The number of ether oxygens (including phenoxy) is 1. The van der Waals surface area contributed by atoms with Crippen molar-refractivity contribution in [2.45, 2.75) is 9.79 Å². The number of para-hydroxylation sites is 5. The molecule has 0 unspecified atom stereocenters. The van der Waals surface area contributed by atoms with Crippen LogP contribution < -0.4 is 21.1 Å². The van der Waals surface area contributed by atoms with E-state index in [2.05, 4.69) is 173 Å². The van der Waals surface area contributed by atoms with E-state index < -0.39 is 0 Å². The fourth-order valence-corrected chi connectivity index (χ4v) is 10.7. The second-order valence-electron chi connectivity index (χ2n) is 14.4. The summed E-state index contributed by atoms with van der Waals surface area (Å²) in [6.07, 6.45) is 0. The number of hydrogen-bond acceptors (Lipinski definition) is 3. The summed E-state index contributed by atoms with van der Waals surface area (Å²) in [6, 6.07) is 58.9. The van der Waals surface area contributed by atoms with Crippen molar-refractivity contribution >= 4 is 100 Å². The molecule has 0 radical (unpaired) electrons. The third kappa shape index (κ3) is 3.65. The summed E-state index contributed by atoms with van der Waals surface area (Å²) in [6.45, 7) is 0.107. The van der Waals surface area contributed by atoms with Gasteiger partial charge in [-0.05, 0) is 59.5 Å². The van der Waals surface area contributed by atoms with Crippen molar-refractivity contribution in [3.05, 3.63) is 164 Å². The van der Waals surface area contributed by atoms with E-state index in [1.54, 1.807) is 0 Å². The summed E-state index contributed by atoms with van der Waals surface area (Å²) in [4.78, 5) is 2.51. The van der Waals surface area contributed by atoms with E-state index in [-0.39, 0.29) is 6.71 Å². The Kier molecular flexibility index (Phi) is 5.62. The molecular formula is C48H27BN2O2S. The standard InChI is InChI=1S/C48H27BN2O2S/c1-2-14-28(15-3-1)50-35-21-9-4-16-30(35)42-46-43(48-44(47(42)50)32-18-6-11-23-37(32)53-48)31-17-5-10-22-36(31)51(46)29-26-39-45-41(27-29)54-40-25-13-8-20-34(40)49(45)33-19-7-12-24-38(33)52-39/h1-27H. The van der Waals surface area contributed by atoms with Crippen LogP contribution in [-0.2, 0) is 0 Å². The topological polar surface area (TPSA) is 32.2 Å². The van der Waals surface area contributed by atoms with Crippen molar-refractivity contribution < 1.29 is 9.15 Å². The first-order valence-corrected chi connectivity index (χ1v) is 19.2. The Balaban J connectivity index is 1.24. The van der Waals surface area contributed by atoms with Crippen LogP contribution in [0.15, 0.2) is 178 Å². The van der Waals surface area contributed by atoms with E-state index in [4.69, 9.17) is 9.15 Å². The normalized spacial score (nSPS) is 13.2. The molecule has 0 atom stereocenters. The maximum Gasteiger partial charge on any atom is 0.253 e. The van der Waals surface area contributed by atoms with Crippen LogP contribution in [0.1, 0.15) is 0 Å². The van der Waals surface area contributed by atoms with Crippen LogP contribution in [0.2, 0.25) is 0 Å². The highest BCUT2D eigenvalue weighted by Gasteiger charge is 2.39. The third-order valence-corrected chi connectivity index (χ3v) is 12.7. The fraction of sp³-hybridized carbons (Fsp3) is 0. The summed E-state index contributed by atoms with van der Waals surface area (Å²) in [5.41, 5.74) is 12.3. The minimum atomic E-state index is 0.107. The van der Waals surface area contributed by atoms with E-state index in [1.165, 1.54) is 37.0 Å². The molecule has 0 spiro atoms. The molecule has 54 heavy (non-hydrogen) atoms. The van der Waals surface area contributed by atoms with Gasteiger partial charge >= 0.3 is 0 Å². The zero-order chi connectivity index (χ0) is 35.1. The highest BCUT2D eigenvalue weighted by molar-refractivity contribution is 8.00. The molecular weight excluding hydrogens is 679 g/mol. The minimum Gasteiger partial charge on any atom is -0.458 e. The molecule has 13 rings (SSSR count). The minimum absolute atomic E-state index is 0.107. The van der Waals surface area contributed by atoms with Crippen LogP contribution in [-0.4, -0.2) is 15.8 Å². The maximum atomic E-state index is 7.00. The molecule has 0 saturated carbocycles. The summed E-state index contributed by atoms with van der Waals surface area (Å²) < 4.78 is 18.8. The van der Waals surface area contributed by atoms with Crippen molar-refractivity contribution in [3.63, 3.8) is 0 Å². The van der Waals surface area contributed by atoms with E-state index in [0.29, 0.717) is 0 Å². The van der Waals surface area contributed by atoms with Gasteiger partial charge in [0.2, 0.25) is 0 Å². The quantitative estimate of drug-likeness (QED) is 0.168. The third-order valence-electron chi connectivity index (χ3n) is 11.6. The summed E-state index contributed by atoms with van der Waals surface area (Å²) in [5, 5.41) is 6.92. The van der Waals surface area contributed by atoms with Gasteiger partial charge in [0.25, 0.3) is 6.71 Å². The van der Waals surface area contributed by atoms with Crippen LogP contribution in [0.25, 0.3) is 76.9 Å². The molecule has 0 saturated heterocycles.